The Morgan fingerprint density at radius 2 is 1.64 bits per heavy atom. The van der Waals surface area contributed by atoms with Gasteiger partial charge in [-0.3, -0.25) is 0 Å². The Bertz CT molecular complexity index is 161. The van der Waals surface area contributed by atoms with Gasteiger partial charge >= 0.3 is 0 Å². The van der Waals surface area contributed by atoms with Crippen molar-refractivity contribution >= 4 is 6.72 Å². The van der Waals surface area contributed by atoms with E-state index < -0.39 is 5.54 Å². The fourth-order valence-electron chi connectivity index (χ4n) is 0.618. The second-order valence-electron chi connectivity index (χ2n) is 3.81. The summed E-state index contributed by atoms with van der Waals surface area (Å²) in [7, 11) is 1.84. The van der Waals surface area contributed by atoms with Crippen LogP contribution in [0, 0.1) is 5.21 Å². The molecule has 0 heterocycles. The van der Waals surface area contributed by atoms with E-state index in [0.29, 0.717) is 0 Å². The summed E-state index contributed by atoms with van der Waals surface area (Å²) in [6.45, 7) is 11.0. The molecule has 0 aromatic rings. The molecule has 0 atom stereocenters. The van der Waals surface area contributed by atoms with Gasteiger partial charge < -0.3 is 10.5 Å². The zero-order valence-corrected chi connectivity index (χ0v) is 8.06. The first-order valence-electron chi connectivity index (χ1n) is 3.72. The van der Waals surface area contributed by atoms with E-state index in [1.54, 1.807) is 0 Å². The first kappa shape index (κ1) is 10.4. The largest absolute Gasteiger partial charge is 0.624 e. The summed E-state index contributed by atoms with van der Waals surface area (Å²) in [5.41, 5.74) is -0.738. The number of rotatable bonds is 3. The predicted molar refractivity (Wildman–Crippen MR) is 48.0 cm³/mol. The molecule has 0 spiro atoms. The molecular weight excluding hydrogens is 140 g/mol. The third-order valence-corrected chi connectivity index (χ3v) is 2.78. The third kappa shape index (κ3) is 1.71. The van der Waals surface area contributed by atoms with Gasteiger partial charge in [-0.2, -0.15) is 0 Å². The highest BCUT2D eigenvalue weighted by Gasteiger charge is 2.42. The number of nitrogens with zero attached hydrogens (tertiary/aromatic N) is 1. The van der Waals surface area contributed by atoms with Gasteiger partial charge in [0.15, 0.2) is 5.54 Å². The van der Waals surface area contributed by atoms with E-state index in [2.05, 4.69) is 12.0 Å². The standard InChI is InChI=1S/C8H18N2O/c1-7(2,9-5)8(3,4)10(6)11/h9H,6H2,1-5H3. The Balaban J connectivity index is 4.67. The molecule has 1 N–H and O–H groups in total. The van der Waals surface area contributed by atoms with Crippen molar-refractivity contribution in [3.63, 3.8) is 0 Å². The van der Waals surface area contributed by atoms with Crippen molar-refractivity contribution in [3.8, 4) is 0 Å². The molecule has 3 heteroatoms. The maximum Gasteiger partial charge on any atom is 0.184 e. The van der Waals surface area contributed by atoms with Crippen LogP contribution in [0.4, 0.5) is 0 Å². The van der Waals surface area contributed by atoms with Crippen molar-refractivity contribution in [3.05, 3.63) is 5.21 Å². The van der Waals surface area contributed by atoms with Crippen molar-refractivity contribution in [1.29, 1.82) is 0 Å². The van der Waals surface area contributed by atoms with Crippen molar-refractivity contribution < 1.29 is 4.74 Å². The lowest BCUT2D eigenvalue weighted by Crippen LogP contribution is -2.58. The lowest BCUT2D eigenvalue weighted by atomic mass is 9.83. The van der Waals surface area contributed by atoms with Gasteiger partial charge in [0.25, 0.3) is 0 Å². The van der Waals surface area contributed by atoms with Crippen LogP contribution >= 0.6 is 0 Å². The normalized spacial score (nSPS) is 13.2. The summed E-state index contributed by atoms with van der Waals surface area (Å²) in [4.78, 5) is 0. The molecule has 0 saturated carbocycles. The van der Waals surface area contributed by atoms with Crippen molar-refractivity contribution in [1.82, 2.24) is 5.32 Å². The van der Waals surface area contributed by atoms with Crippen LogP contribution in [-0.4, -0.2) is 29.6 Å². The second kappa shape index (κ2) is 2.81. The fraction of sp³-hybridized carbons (Fsp3) is 0.875. The average molecular weight is 158 g/mol. The molecule has 0 aromatic carbocycles. The summed E-state index contributed by atoms with van der Waals surface area (Å²) < 4.78 is 0.740. The van der Waals surface area contributed by atoms with Gasteiger partial charge in [-0.15, -0.1) is 0 Å². The molecule has 0 amide bonds. The Morgan fingerprint density at radius 1 is 1.27 bits per heavy atom. The minimum atomic E-state index is -0.498. The topological polar surface area (TPSA) is 38.1 Å². The van der Waals surface area contributed by atoms with E-state index in [1.165, 1.54) is 0 Å². The summed E-state index contributed by atoms with van der Waals surface area (Å²) in [5.74, 6) is 0. The highest BCUT2D eigenvalue weighted by atomic mass is 16.5. The van der Waals surface area contributed by atoms with E-state index in [9.17, 15) is 5.21 Å². The van der Waals surface area contributed by atoms with Crippen LogP contribution in [0.15, 0.2) is 0 Å². The molecule has 11 heavy (non-hydrogen) atoms. The predicted octanol–water partition coefficient (Wildman–Crippen LogP) is 0.974. The Hall–Kier alpha value is -0.570. The van der Waals surface area contributed by atoms with Crippen LogP contribution in [0.3, 0.4) is 0 Å². The lowest BCUT2D eigenvalue weighted by molar-refractivity contribution is -0.546. The molecule has 0 saturated heterocycles. The van der Waals surface area contributed by atoms with Gasteiger partial charge in [-0.25, -0.2) is 4.74 Å². The number of likely N-dealkylation sites (N-methyl/N-ethyl adjacent to an activating group) is 1. The monoisotopic (exact) mass is 158 g/mol. The fourth-order valence-corrected chi connectivity index (χ4v) is 0.618. The summed E-state index contributed by atoms with van der Waals surface area (Å²) >= 11 is 0. The van der Waals surface area contributed by atoms with Gasteiger partial charge in [0, 0.05) is 13.8 Å². The molecule has 0 unspecified atom stereocenters. The quantitative estimate of drug-likeness (QED) is 0.288. The third-order valence-electron chi connectivity index (χ3n) is 2.78. The molecule has 0 aromatic heterocycles. The number of hydroxylamine groups is 1. The Kier molecular flexibility index (Phi) is 2.67. The van der Waals surface area contributed by atoms with E-state index >= 15 is 0 Å². The summed E-state index contributed by atoms with van der Waals surface area (Å²) in [6, 6.07) is 0. The van der Waals surface area contributed by atoms with E-state index in [4.69, 9.17) is 0 Å². The van der Waals surface area contributed by atoms with Gasteiger partial charge in [0.2, 0.25) is 0 Å². The smallest absolute Gasteiger partial charge is 0.184 e. The molecule has 0 aliphatic rings. The molecule has 3 nitrogen and oxygen atoms in total. The Labute approximate surface area is 68.7 Å². The van der Waals surface area contributed by atoms with E-state index in [-0.39, 0.29) is 5.54 Å². The molecule has 0 aliphatic heterocycles. The minimum Gasteiger partial charge on any atom is -0.624 e. The van der Waals surface area contributed by atoms with Crippen LogP contribution in [0.1, 0.15) is 27.7 Å². The van der Waals surface area contributed by atoms with Crippen molar-refractivity contribution in [2.45, 2.75) is 38.8 Å². The Morgan fingerprint density at radius 3 is 1.73 bits per heavy atom. The van der Waals surface area contributed by atoms with Gasteiger partial charge in [-0.1, -0.05) is 0 Å². The van der Waals surface area contributed by atoms with Crippen LogP contribution in [-0.2, 0) is 0 Å². The maximum atomic E-state index is 11.0. The van der Waals surface area contributed by atoms with Crippen molar-refractivity contribution in [2.75, 3.05) is 7.05 Å². The summed E-state index contributed by atoms with van der Waals surface area (Å²) in [6.07, 6.45) is 0. The van der Waals surface area contributed by atoms with Crippen LogP contribution in [0.5, 0.6) is 0 Å². The SMILES string of the molecule is C=[N+]([O-])C(C)(C)C(C)(C)NC. The van der Waals surface area contributed by atoms with Crippen LogP contribution < -0.4 is 5.32 Å². The zero-order valence-electron chi connectivity index (χ0n) is 8.06. The average Bonchev–Trinajstić information content (AvgIpc) is 1.87. The first-order chi connectivity index (χ1) is 4.75. The first-order valence-corrected chi connectivity index (χ1v) is 3.72. The highest BCUT2D eigenvalue weighted by molar-refractivity contribution is 5.16. The number of hydrogen-bond acceptors (Lipinski definition) is 2. The molecule has 0 rings (SSSR count). The zero-order chi connectivity index (χ0) is 9.28. The highest BCUT2D eigenvalue weighted by Crippen LogP contribution is 2.23. The number of hydrogen-bond donors (Lipinski definition) is 1. The molecule has 0 bridgehead atoms. The lowest BCUT2D eigenvalue weighted by Gasteiger charge is -2.38. The van der Waals surface area contributed by atoms with E-state index in [0.717, 1.165) is 4.74 Å². The van der Waals surface area contributed by atoms with Crippen LogP contribution in [0.2, 0.25) is 0 Å². The molecule has 0 aliphatic carbocycles. The van der Waals surface area contributed by atoms with Gasteiger partial charge in [0.05, 0.1) is 5.54 Å². The number of nitrogens with one attached hydrogen (secondary N) is 1. The van der Waals surface area contributed by atoms with Gasteiger partial charge in [0.1, 0.15) is 6.72 Å². The maximum absolute atomic E-state index is 11.0. The van der Waals surface area contributed by atoms with Crippen LogP contribution in [0.25, 0.3) is 0 Å². The van der Waals surface area contributed by atoms with Crippen molar-refractivity contribution in [2.24, 2.45) is 0 Å². The second-order valence-corrected chi connectivity index (χ2v) is 3.81. The molecule has 0 fully saturated rings. The van der Waals surface area contributed by atoms with E-state index in [1.807, 2.05) is 34.7 Å². The summed E-state index contributed by atoms with van der Waals surface area (Å²) in [5, 5.41) is 14.1. The molecular formula is C8H18N2O. The minimum absolute atomic E-state index is 0.240. The molecule has 66 valence electrons. The van der Waals surface area contributed by atoms with Gasteiger partial charge in [-0.05, 0) is 20.9 Å². The molecule has 0 radical (unpaired) electrons.